The van der Waals surface area contributed by atoms with Crippen LogP contribution in [-0.4, -0.2) is 42.4 Å². The Kier molecular flexibility index (Phi) is 4.91. The molecule has 0 aromatic carbocycles. The van der Waals surface area contributed by atoms with Crippen molar-refractivity contribution in [3.8, 4) is 0 Å². The van der Waals surface area contributed by atoms with E-state index in [0.717, 1.165) is 21.3 Å². The van der Waals surface area contributed by atoms with Crippen LogP contribution in [0.2, 0.25) is 5.02 Å². The third-order valence-corrected chi connectivity index (χ3v) is 7.84. The van der Waals surface area contributed by atoms with Crippen molar-refractivity contribution in [2.75, 3.05) is 18.1 Å². The summed E-state index contributed by atoms with van der Waals surface area (Å²) in [6.45, 7) is 3.45. The number of rotatable bonds is 3. The van der Waals surface area contributed by atoms with Gasteiger partial charge in [0.2, 0.25) is 16.0 Å². The molecule has 11 heteroatoms. The fourth-order valence-electron chi connectivity index (χ4n) is 2.70. The van der Waals surface area contributed by atoms with Crippen molar-refractivity contribution in [2.45, 2.75) is 19.4 Å². The number of carbonyl (C=O) groups excluding carboxylic acids is 1. The average Bonchev–Trinajstić information content (AvgIpc) is 2.95. The van der Waals surface area contributed by atoms with Crippen LogP contribution in [0.25, 0.3) is 0 Å². The van der Waals surface area contributed by atoms with Crippen LogP contribution in [-0.2, 0) is 15.6 Å². The summed E-state index contributed by atoms with van der Waals surface area (Å²) < 4.78 is 25.6. The number of carbonyl (C=O) groups is 1. The first kappa shape index (κ1) is 19.6. The number of hydrogen-bond acceptors (Lipinski definition) is 7. The summed E-state index contributed by atoms with van der Waals surface area (Å²) in [5.74, 6) is -0.384. The number of nitrogens with zero attached hydrogens (tertiary/aromatic N) is 3. The first-order valence-electron chi connectivity index (χ1n) is 7.88. The van der Waals surface area contributed by atoms with Crippen LogP contribution in [0.3, 0.4) is 0 Å². The standard InChI is InChI=1S/C16H18ClN5O3S2/c1-9-5-4-6-12(19-9)20-14(23)11-7-10(17)13(26-11)16(2)8-27(24,25)22(3)15(18)21-16/h4-7H,8H2,1-3H3,(H2,18,21)(H,19,20,23)/t16-/m0/s1. The van der Waals surface area contributed by atoms with Gasteiger partial charge in [0.1, 0.15) is 11.4 Å². The molecular weight excluding hydrogens is 410 g/mol. The fourth-order valence-corrected chi connectivity index (χ4v) is 5.76. The number of thiophene rings is 1. The number of nitrogens with two attached hydrogens (primary N) is 1. The monoisotopic (exact) mass is 427 g/mol. The molecule has 3 N–H and O–H groups in total. The highest BCUT2D eigenvalue weighted by atomic mass is 35.5. The molecule has 8 nitrogen and oxygen atoms in total. The predicted octanol–water partition coefficient (Wildman–Crippen LogP) is 2.16. The number of amides is 1. The topological polar surface area (TPSA) is 118 Å². The van der Waals surface area contributed by atoms with Gasteiger partial charge in [0.15, 0.2) is 0 Å². The van der Waals surface area contributed by atoms with Gasteiger partial charge in [-0.05, 0) is 32.0 Å². The van der Waals surface area contributed by atoms with E-state index in [2.05, 4.69) is 15.3 Å². The van der Waals surface area contributed by atoms with E-state index < -0.39 is 15.6 Å². The van der Waals surface area contributed by atoms with Crippen molar-refractivity contribution in [3.63, 3.8) is 0 Å². The maximum atomic E-state index is 12.5. The van der Waals surface area contributed by atoms with Crippen LogP contribution in [0.5, 0.6) is 0 Å². The number of pyridine rings is 1. The minimum atomic E-state index is -3.63. The SMILES string of the molecule is Cc1cccc(NC(=O)c2cc(Cl)c([C@]3(C)CS(=O)(=O)N(C)C(N)=N3)s2)n1. The maximum Gasteiger partial charge on any atom is 0.266 e. The number of hydrogen-bond donors (Lipinski definition) is 2. The van der Waals surface area contributed by atoms with E-state index in [1.54, 1.807) is 19.1 Å². The van der Waals surface area contributed by atoms with Crippen molar-refractivity contribution in [3.05, 3.63) is 44.7 Å². The van der Waals surface area contributed by atoms with E-state index >= 15 is 0 Å². The second-order valence-corrected chi connectivity index (χ2v) is 9.83. The Morgan fingerprint density at radius 2 is 2.15 bits per heavy atom. The quantitative estimate of drug-likeness (QED) is 0.778. The minimum Gasteiger partial charge on any atom is -0.369 e. The molecule has 2 aromatic heterocycles. The van der Waals surface area contributed by atoms with E-state index in [-0.39, 0.29) is 22.6 Å². The highest BCUT2D eigenvalue weighted by Gasteiger charge is 2.42. The zero-order valence-corrected chi connectivity index (χ0v) is 17.2. The Labute approximate surface area is 166 Å². The smallest absolute Gasteiger partial charge is 0.266 e. The van der Waals surface area contributed by atoms with Crippen LogP contribution < -0.4 is 11.1 Å². The van der Waals surface area contributed by atoms with Gasteiger partial charge in [0.05, 0.1) is 20.5 Å². The lowest BCUT2D eigenvalue weighted by molar-refractivity contribution is 0.103. The van der Waals surface area contributed by atoms with Gasteiger partial charge < -0.3 is 11.1 Å². The van der Waals surface area contributed by atoms with Crippen molar-refractivity contribution in [2.24, 2.45) is 10.7 Å². The summed E-state index contributed by atoms with van der Waals surface area (Å²) in [7, 11) is -2.29. The Hall–Kier alpha value is -2.17. The van der Waals surface area contributed by atoms with Crippen LogP contribution in [0.1, 0.15) is 27.2 Å². The molecule has 0 saturated carbocycles. The summed E-state index contributed by atoms with van der Waals surface area (Å²) in [5, 5.41) is 2.97. The van der Waals surface area contributed by atoms with Gasteiger partial charge in [-0.2, -0.15) is 0 Å². The van der Waals surface area contributed by atoms with E-state index in [0.29, 0.717) is 15.6 Å². The van der Waals surface area contributed by atoms with E-state index in [4.69, 9.17) is 17.3 Å². The average molecular weight is 428 g/mol. The number of aromatic nitrogens is 1. The highest BCUT2D eigenvalue weighted by molar-refractivity contribution is 7.89. The number of nitrogens with one attached hydrogen (secondary N) is 1. The zero-order valence-electron chi connectivity index (χ0n) is 14.9. The van der Waals surface area contributed by atoms with Crippen molar-refractivity contribution >= 4 is 50.6 Å². The molecule has 144 valence electrons. The predicted molar refractivity (Wildman–Crippen MR) is 107 cm³/mol. The van der Waals surface area contributed by atoms with Gasteiger partial charge in [-0.15, -0.1) is 11.3 Å². The zero-order chi connectivity index (χ0) is 20.0. The molecule has 1 amide bonds. The second-order valence-electron chi connectivity index (χ2n) is 6.37. The van der Waals surface area contributed by atoms with Crippen molar-refractivity contribution in [1.29, 1.82) is 0 Å². The summed E-state index contributed by atoms with van der Waals surface area (Å²) in [6.07, 6.45) is 0. The number of sulfonamides is 1. The van der Waals surface area contributed by atoms with Crippen LogP contribution in [0.4, 0.5) is 5.82 Å². The van der Waals surface area contributed by atoms with Crippen molar-refractivity contribution in [1.82, 2.24) is 9.29 Å². The van der Waals surface area contributed by atoms with Crippen LogP contribution >= 0.6 is 22.9 Å². The molecule has 1 aliphatic heterocycles. The number of guanidine groups is 1. The molecule has 0 saturated heterocycles. The minimum absolute atomic E-state index is 0.122. The van der Waals surface area contributed by atoms with E-state index in [9.17, 15) is 13.2 Å². The molecule has 1 atom stereocenters. The highest BCUT2D eigenvalue weighted by Crippen LogP contribution is 2.41. The lowest BCUT2D eigenvalue weighted by Gasteiger charge is -2.33. The number of halogens is 1. The summed E-state index contributed by atoms with van der Waals surface area (Å²) in [6, 6.07) is 6.78. The van der Waals surface area contributed by atoms with Gasteiger partial charge >= 0.3 is 0 Å². The number of anilines is 1. The molecule has 0 bridgehead atoms. The normalized spacial score (nSPS) is 21.6. The van der Waals surface area contributed by atoms with Gasteiger partial charge in [-0.3, -0.25) is 4.79 Å². The van der Waals surface area contributed by atoms with Gasteiger partial charge in [-0.25, -0.2) is 22.7 Å². The van der Waals surface area contributed by atoms with Crippen LogP contribution in [0, 0.1) is 6.92 Å². The van der Waals surface area contributed by atoms with E-state index in [1.807, 2.05) is 13.0 Å². The Balaban J connectivity index is 1.94. The molecule has 3 heterocycles. The van der Waals surface area contributed by atoms with Gasteiger partial charge in [0.25, 0.3) is 5.91 Å². The fraction of sp³-hybridized carbons (Fsp3) is 0.312. The molecule has 0 spiro atoms. The molecule has 0 aliphatic carbocycles. The molecule has 3 rings (SSSR count). The molecule has 27 heavy (non-hydrogen) atoms. The second kappa shape index (κ2) is 6.77. The van der Waals surface area contributed by atoms with Crippen LogP contribution in [0.15, 0.2) is 29.3 Å². The van der Waals surface area contributed by atoms with E-state index in [1.165, 1.54) is 13.1 Å². The largest absolute Gasteiger partial charge is 0.369 e. The van der Waals surface area contributed by atoms with Gasteiger partial charge in [-0.1, -0.05) is 17.7 Å². The molecule has 1 aliphatic rings. The summed E-state index contributed by atoms with van der Waals surface area (Å²) >= 11 is 7.40. The number of aryl methyl sites for hydroxylation is 1. The molecule has 2 aromatic rings. The van der Waals surface area contributed by atoms with Gasteiger partial charge in [0, 0.05) is 12.7 Å². The van der Waals surface area contributed by atoms with Crippen molar-refractivity contribution < 1.29 is 13.2 Å². The third-order valence-electron chi connectivity index (χ3n) is 4.09. The molecule has 0 radical (unpaired) electrons. The molecule has 0 unspecified atom stereocenters. The Morgan fingerprint density at radius 3 is 2.78 bits per heavy atom. The molecular formula is C16H18ClN5O3S2. The lowest BCUT2D eigenvalue weighted by Crippen LogP contribution is -2.50. The summed E-state index contributed by atoms with van der Waals surface area (Å²) in [5.41, 5.74) is 5.37. The Morgan fingerprint density at radius 1 is 1.44 bits per heavy atom. The first-order valence-corrected chi connectivity index (χ1v) is 10.7. The maximum absolute atomic E-state index is 12.5. The Bertz CT molecular complexity index is 1050. The molecule has 0 fully saturated rings. The number of aliphatic imine (C=N–C) groups is 1. The summed E-state index contributed by atoms with van der Waals surface area (Å²) in [4.78, 5) is 21.9. The lowest BCUT2D eigenvalue weighted by atomic mass is 10.0. The first-order chi connectivity index (χ1) is 12.5. The third kappa shape index (κ3) is 3.78.